The zero-order valence-electron chi connectivity index (χ0n) is 13.4. The van der Waals surface area contributed by atoms with Crippen LogP contribution in [0, 0.1) is 17.2 Å². The van der Waals surface area contributed by atoms with E-state index >= 15 is 0 Å². The Hall–Kier alpha value is -2.13. The molecule has 0 bridgehead atoms. The zero-order valence-corrected chi connectivity index (χ0v) is 15.0. The molecule has 0 aromatic heterocycles. The second kappa shape index (κ2) is 9.24. The lowest BCUT2D eigenvalue weighted by atomic mass is 9.96. The summed E-state index contributed by atoms with van der Waals surface area (Å²) in [5, 5.41) is 11.5. The fraction of sp³-hybridized carbons (Fsp3) is 0.389. The minimum Gasteiger partial charge on any atom is -0.352 e. The molecule has 6 heteroatoms. The molecule has 1 saturated heterocycles. The Morgan fingerprint density at radius 3 is 2.79 bits per heavy atom. The van der Waals surface area contributed by atoms with E-state index in [-0.39, 0.29) is 18.2 Å². The number of piperidine rings is 1. The van der Waals surface area contributed by atoms with Crippen LogP contribution in [0.2, 0.25) is 0 Å². The molecule has 5 nitrogen and oxygen atoms in total. The van der Waals surface area contributed by atoms with Crippen LogP contribution in [0.1, 0.15) is 24.8 Å². The van der Waals surface area contributed by atoms with Gasteiger partial charge in [0.05, 0.1) is 6.07 Å². The lowest BCUT2D eigenvalue weighted by molar-refractivity contribution is -0.131. The van der Waals surface area contributed by atoms with E-state index in [1.807, 2.05) is 30.3 Å². The van der Waals surface area contributed by atoms with E-state index in [2.05, 4.69) is 21.2 Å². The van der Waals surface area contributed by atoms with Crippen LogP contribution >= 0.6 is 15.9 Å². The summed E-state index contributed by atoms with van der Waals surface area (Å²) in [6.45, 7) is 1.94. The summed E-state index contributed by atoms with van der Waals surface area (Å²) in [6, 6.07) is 9.62. The van der Waals surface area contributed by atoms with E-state index in [4.69, 9.17) is 5.26 Å². The van der Waals surface area contributed by atoms with Crippen LogP contribution in [0.25, 0.3) is 6.08 Å². The fourth-order valence-electron chi connectivity index (χ4n) is 2.65. The summed E-state index contributed by atoms with van der Waals surface area (Å²) in [6.07, 6.45) is 4.97. The van der Waals surface area contributed by atoms with Gasteiger partial charge in [0.25, 0.3) is 0 Å². The molecule has 1 aliphatic rings. The van der Waals surface area contributed by atoms with Gasteiger partial charge in [0.2, 0.25) is 11.8 Å². The first-order valence-electron chi connectivity index (χ1n) is 7.94. The Bertz CT molecular complexity index is 658. The maximum atomic E-state index is 11.9. The Morgan fingerprint density at radius 1 is 1.38 bits per heavy atom. The molecule has 0 spiro atoms. The SMILES string of the molecule is N#CCC(=O)N1CCC(CNC(=O)/C=C/c2cccc(Br)c2)CC1. The van der Waals surface area contributed by atoms with Crippen molar-refractivity contribution < 1.29 is 9.59 Å². The van der Waals surface area contributed by atoms with Crippen molar-refractivity contribution in [2.75, 3.05) is 19.6 Å². The topological polar surface area (TPSA) is 73.2 Å². The number of hydrogen-bond donors (Lipinski definition) is 1. The molecular formula is C18H20BrN3O2. The lowest BCUT2D eigenvalue weighted by Gasteiger charge is -2.31. The summed E-state index contributed by atoms with van der Waals surface area (Å²) in [4.78, 5) is 25.3. The predicted molar refractivity (Wildman–Crippen MR) is 95.7 cm³/mol. The van der Waals surface area contributed by atoms with Crippen LogP contribution in [0.15, 0.2) is 34.8 Å². The molecule has 2 amide bonds. The highest BCUT2D eigenvalue weighted by Crippen LogP contribution is 2.17. The number of likely N-dealkylation sites (tertiary alicyclic amines) is 1. The largest absolute Gasteiger partial charge is 0.352 e. The van der Waals surface area contributed by atoms with Crippen molar-refractivity contribution in [2.24, 2.45) is 5.92 Å². The highest BCUT2D eigenvalue weighted by molar-refractivity contribution is 9.10. The van der Waals surface area contributed by atoms with Gasteiger partial charge in [-0.2, -0.15) is 5.26 Å². The van der Waals surface area contributed by atoms with Crippen molar-refractivity contribution in [1.82, 2.24) is 10.2 Å². The Morgan fingerprint density at radius 2 is 2.12 bits per heavy atom. The van der Waals surface area contributed by atoms with Gasteiger partial charge in [-0.3, -0.25) is 9.59 Å². The van der Waals surface area contributed by atoms with E-state index < -0.39 is 0 Å². The average molecular weight is 390 g/mol. The van der Waals surface area contributed by atoms with Gasteiger partial charge in [-0.25, -0.2) is 0 Å². The first-order chi connectivity index (χ1) is 11.6. The molecule has 0 atom stereocenters. The summed E-state index contributed by atoms with van der Waals surface area (Å²) >= 11 is 3.40. The van der Waals surface area contributed by atoms with Gasteiger partial charge in [0.15, 0.2) is 0 Å². The molecule has 24 heavy (non-hydrogen) atoms. The molecule has 1 fully saturated rings. The first-order valence-corrected chi connectivity index (χ1v) is 8.74. The van der Waals surface area contributed by atoms with Gasteiger partial charge in [0.1, 0.15) is 6.42 Å². The quantitative estimate of drug-likeness (QED) is 0.786. The highest BCUT2D eigenvalue weighted by atomic mass is 79.9. The van der Waals surface area contributed by atoms with Crippen LogP contribution < -0.4 is 5.32 Å². The highest BCUT2D eigenvalue weighted by Gasteiger charge is 2.22. The van der Waals surface area contributed by atoms with Gasteiger partial charge in [-0.1, -0.05) is 28.1 Å². The second-order valence-electron chi connectivity index (χ2n) is 5.79. The smallest absolute Gasteiger partial charge is 0.244 e. The van der Waals surface area contributed by atoms with E-state index in [1.165, 1.54) is 6.08 Å². The third kappa shape index (κ3) is 5.82. The number of nitrogens with one attached hydrogen (secondary N) is 1. The van der Waals surface area contributed by atoms with E-state index in [0.717, 1.165) is 22.9 Å². The number of nitriles is 1. The number of halogens is 1. The number of rotatable bonds is 5. The van der Waals surface area contributed by atoms with Gasteiger partial charge in [-0.15, -0.1) is 0 Å². The second-order valence-corrected chi connectivity index (χ2v) is 6.71. The molecule has 0 unspecified atom stereocenters. The monoisotopic (exact) mass is 389 g/mol. The molecule has 2 rings (SSSR count). The van der Waals surface area contributed by atoms with Crippen molar-refractivity contribution in [3.05, 3.63) is 40.4 Å². The number of amides is 2. The molecule has 1 aliphatic heterocycles. The van der Waals surface area contributed by atoms with Gasteiger partial charge >= 0.3 is 0 Å². The van der Waals surface area contributed by atoms with E-state index in [9.17, 15) is 9.59 Å². The number of carbonyl (C=O) groups is 2. The summed E-state index contributed by atoms with van der Waals surface area (Å²) < 4.78 is 0.975. The summed E-state index contributed by atoms with van der Waals surface area (Å²) in [5.74, 6) is 0.161. The lowest BCUT2D eigenvalue weighted by Crippen LogP contribution is -2.41. The van der Waals surface area contributed by atoms with Crippen molar-refractivity contribution >= 4 is 33.8 Å². The van der Waals surface area contributed by atoms with E-state index in [1.54, 1.807) is 11.0 Å². The molecule has 1 aromatic rings. The number of nitrogens with zero attached hydrogens (tertiary/aromatic N) is 2. The third-order valence-electron chi connectivity index (χ3n) is 4.04. The summed E-state index contributed by atoms with van der Waals surface area (Å²) in [5.41, 5.74) is 0.962. The standard InChI is InChI=1S/C18H20BrN3O2/c19-16-3-1-2-14(12-16)4-5-17(23)21-13-15-7-10-22(11-8-15)18(24)6-9-20/h1-5,12,15H,6-8,10-11,13H2,(H,21,23)/b5-4+. The van der Waals surface area contributed by atoms with Crippen LogP contribution in [0.3, 0.4) is 0 Å². The van der Waals surface area contributed by atoms with Gasteiger partial charge < -0.3 is 10.2 Å². The van der Waals surface area contributed by atoms with Crippen molar-refractivity contribution in [3.63, 3.8) is 0 Å². The first kappa shape index (κ1) is 18.2. The molecule has 1 N–H and O–H groups in total. The minimum absolute atomic E-state index is 0.0538. The normalized spacial score (nSPS) is 15.2. The molecule has 126 valence electrons. The van der Waals surface area contributed by atoms with Gasteiger partial charge in [-0.05, 0) is 42.5 Å². The van der Waals surface area contributed by atoms with Crippen molar-refractivity contribution in [1.29, 1.82) is 5.26 Å². The fourth-order valence-corrected chi connectivity index (χ4v) is 3.07. The maximum Gasteiger partial charge on any atom is 0.244 e. The predicted octanol–water partition coefficient (Wildman–Crippen LogP) is 2.73. The third-order valence-corrected chi connectivity index (χ3v) is 4.53. The van der Waals surface area contributed by atoms with Crippen LogP contribution in [-0.2, 0) is 9.59 Å². The zero-order chi connectivity index (χ0) is 17.4. The Labute approximate surface area is 150 Å². The molecule has 1 heterocycles. The Kier molecular flexibility index (Phi) is 7.01. The number of carbonyl (C=O) groups excluding carboxylic acids is 2. The molecule has 0 radical (unpaired) electrons. The average Bonchev–Trinajstić information content (AvgIpc) is 2.59. The maximum absolute atomic E-state index is 11.9. The number of hydrogen-bond acceptors (Lipinski definition) is 3. The molecular weight excluding hydrogens is 370 g/mol. The molecule has 0 saturated carbocycles. The van der Waals surface area contributed by atoms with Crippen LogP contribution in [0.4, 0.5) is 0 Å². The van der Waals surface area contributed by atoms with Crippen LogP contribution in [-0.4, -0.2) is 36.3 Å². The summed E-state index contributed by atoms with van der Waals surface area (Å²) in [7, 11) is 0. The Balaban J connectivity index is 1.71. The van der Waals surface area contributed by atoms with Crippen molar-refractivity contribution in [3.8, 4) is 6.07 Å². The van der Waals surface area contributed by atoms with Crippen molar-refractivity contribution in [2.45, 2.75) is 19.3 Å². The molecule has 1 aromatic carbocycles. The van der Waals surface area contributed by atoms with Gasteiger partial charge in [0, 0.05) is 30.2 Å². The number of benzene rings is 1. The van der Waals surface area contributed by atoms with E-state index in [0.29, 0.717) is 25.6 Å². The van der Waals surface area contributed by atoms with Crippen LogP contribution in [0.5, 0.6) is 0 Å². The molecule has 0 aliphatic carbocycles. The minimum atomic E-state index is -0.113.